The van der Waals surface area contributed by atoms with Gasteiger partial charge >= 0.3 is 0 Å². The van der Waals surface area contributed by atoms with Gasteiger partial charge < -0.3 is 19.7 Å². The largest absolute Gasteiger partial charge is 0.497 e. The summed E-state index contributed by atoms with van der Waals surface area (Å²) in [5.74, 6) is 2.80. The number of rotatable bonds is 5. The maximum absolute atomic E-state index is 5.45. The zero-order valence-electron chi connectivity index (χ0n) is 15.5. The minimum atomic E-state index is 0. The van der Waals surface area contributed by atoms with Crippen molar-refractivity contribution in [3.8, 4) is 11.5 Å². The highest BCUT2D eigenvalue weighted by atomic mass is 127. The molecule has 1 aliphatic heterocycles. The van der Waals surface area contributed by atoms with E-state index in [0.717, 1.165) is 49.1 Å². The summed E-state index contributed by atoms with van der Waals surface area (Å²) in [5, 5.41) is 3.51. The molecule has 0 radical (unpaired) electrons. The maximum atomic E-state index is 5.45. The van der Waals surface area contributed by atoms with Crippen LogP contribution in [0.15, 0.2) is 23.2 Å². The van der Waals surface area contributed by atoms with Crippen LogP contribution in [-0.4, -0.2) is 51.8 Å². The predicted octanol–water partition coefficient (Wildman–Crippen LogP) is 3.32. The molecule has 5 nitrogen and oxygen atoms in total. The molecule has 2 fully saturated rings. The number of aliphatic imine (C=N–C) groups is 1. The van der Waals surface area contributed by atoms with Crippen LogP contribution in [0, 0.1) is 5.41 Å². The molecule has 1 saturated carbocycles. The second-order valence-corrected chi connectivity index (χ2v) is 6.93. The molecule has 25 heavy (non-hydrogen) atoms. The number of hydrogen-bond acceptors (Lipinski definition) is 3. The lowest BCUT2D eigenvalue weighted by Crippen LogP contribution is -2.43. The molecule has 0 amide bonds. The highest BCUT2D eigenvalue weighted by Gasteiger charge is 2.43. The van der Waals surface area contributed by atoms with E-state index in [1.165, 1.54) is 25.7 Å². The van der Waals surface area contributed by atoms with Gasteiger partial charge in [-0.1, -0.05) is 6.42 Å². The van der Waals surface area contributed by atoms with E-state index in [-0.39, 0.29) is 24.0 Å². The number of hydrogen-bond donors (Lipinski definition) is 1. The van der Waals surface area contributed by atoms with E-state index in [2.05, 4.69) is 15.2 Å². The Morgan fingerprint density at radius 3 is 2.60 bits per heavy atom. The molecule has 0 unspecified atom stereocenters. The van der Waals surface area contributed by atoms with Crippen molar-refractivity contribution >= 4 is 29.9 Å². The SMILES string of the molecule is CN=C(NCCc1cc(OC)ccc1OC)N1CCC2(CCC2)C1.I. The first-order valence-electron chi connectivity index (χ1n) is 8.86. The molecule has 1 N–H and O–H groups in total. The molecule has 1 aromatic rings. The highest BCUT2D eigenvalue weighted by molar-refractivity contribution is 14.0. The topological polar surface area (TPSA) is 46.1 Å². The molecule has 1 aliphatic carbocycles. The molecule has 1 spiro atoms. The van der Waals surface area contributed by atoms with Gasteiger partial charge in [0.05, 0.1) is 14.2 Å². The number of guanidine groups is 1. The first-order chi connectivity index (χ1) is 11.7. The van der Waals surface area contributed by atoms with Crippen molar-refractivity contribution in [2.24, 2.45) is 10.4 Å². The molecular weight excluding hydrogens is 429 g/mol. The monoisotopic (exact) mass is 459 g/mol. The van der Waals surface area contributed by atoms with Crippen LogP contribution in [0.2, 0.25) is 0 Å². The summed E-state index contributed by atoms with van der Waals surface area (Å²) in [5.41, 5.74) is 1.74. The molecule has 0 bridgehead atoms. The van der Waals surface area contributed by atoms with Crippen LogP contribution >= 0.6 is 24.0 Å². The standard InChI is InChI=1S/C19H29N3O2.HI/c1-20-18(22-12-10-19(14-22)8-4-9-19)21-11-7-15-13-16(23-2)5-6-17(15)24-3;/h5-6,13H,4,7-12,14H2,1-3H3,(H,20,21);1H. The minimum Gasteiger partial charge on any atom is -0.497 e. The molecule has 140 valence electrons. The summed E-state index contributed by atoms with van der Waals surface area (Å²) in [6.45, 7) is 3.12. The van der Waals surface area contributed by atoms with Crippen LogP contribution in [0.5, 0.6) is 11.5 Å². The Bertz CT molecular complexity index is 602. The van der Waals surface area contributed by atoms with Crippen LogP contribution in [0.4, 0.5) is 0 Å². The zero-order chi connectivity index (χ0) is 17.0. The van der Waals surface area contributed by atoms with Crippen molar-refractivity contribution < 1.29 is 9.47 Å². The van der Waals surface area contributed by atoms with Crippen LogP contribution in [0.25, 0.3) is 0 Å². The highest BCUT2D eigenvalue weighted by Crippen LogP contribution is 2.47. The van der Waals surface area contributed by atoms with Crippen LogP contribution in [-0.2, 0) is 6.42 Å². The average Bonchev–Trinajstić information content (AvgIpc) is 3.04. The molecule has 1 saturated heterocycles. The molecule has 1 heterocycles. The van der Waals surface area contributed by atoms with Crippen molar-refractivity contribution in [2.75, 3.05) is 40.9 Å². The Morgan fingerprint density at radius 1 is 1.24 bits per heavy atom. The van der Waals surface area contributed by atoms with Crippen LogP contribution < -0.4 is 14.8 Å². The zero-order valence-corrected chi connectivity index (χ0v) is 17.8. The number of methoxy groups -OCH3 is 2. The van der Waals surface area contributed by atoms with Gasteiger partial charge in [0.25, 0.3) is 0 Å². The molecule has 6 heteroatoms. The van der Waals surface area contributed by atoms with Gasteiger partial charge in [0.1, 0.15) is 11.5 Å². The summed E-state index contributed by atoms with van der Waals surface area (Å²) in [7, 11) is 5.27. The van der Waals surface area contributed by atoms with E-state index in [0.29, 0.717) is 5.41 Å². The summed E-state index contributed by atoms with van der Waals surface area (Å²) < 4.78 is 10.8. The second-order valence-electron chi connectivity index (χ2n) is 6.93. The number of ether oxygens (including phenoxy) is 2. The van der Waals surface area contributed by atoms with E-state index in [1.807, 2.05) is 25.2 Å². The quantitative estimate of drug-likeness (QED) is 0.417. The van der Waals surface area contributed by atoms with Crippen LogP contribution in [0.3, 0.4) is 0 Å². The van der Waals surface area contributed by atoms with E-state index in [9.17, 15) is 0 Å². The molecule has 2 aliphatic rings. The maximum Gasteiger partial charge on any atom is 0.193 e. The van der Waals surface area contributed by atoms with Gasteiger partial charge in [0.2, 0.25) is 0 Å². The van der Waals surface area contributed by atoms with E-state index in [4.69, 9.17) is 9.47 Å². The van der Waals surface area contributed by atoms with Crippen molar-refractivity contribution in [3.63, 3.8) is 0 Å². The number of nitrogens with one attached hydrogen (secondary N) is 1. The van der Waals surface area contributed by atoms with Gasteiger partial charge in [0, 0.05) is 26.7 Å². The van der Waals surface area contributed by atoms with Crippen molar-refractivity contribution in [3.05, 3.63) is 23.8 Å². The lowest BCUT2D eigenvalue weighted by atomic mass is 9.68. The molecule has 1 aromatic carbocycles. The van der Waals surface area contributed by atoms with Gasteiger partial charge in [0.15, 0.2) is 5.96 Å². The molecule has 0 atom stereocenters. The third kappa shape index (κ3) is 4.51. The Balaban J connectivity index is 0.00000225. The van der Waals surface area contributed by atoms with Gasteiger partial charge in [-0.2, -0.15) is 0 Å². The van der Waals surface area contributed by atoms with Crippen molar-refractivity contribution in [1.82, 2.24) is 10.2 Å². The second kappa shape index (κ2) is 8.96. The van der Waals surface area contributed by atoms with E-state index < -0.39 is 0 Å². The van der Waals surface area contributed by atoms with Gasteiger partial charge in [-0.25, -0.2) is 0 Å². The Kier molecular flexibility index (Phi) is 7.22. The van der Waals surface area contributed by atoms with Crippen LogP contribution in [0.1, 0.15) is 31.2 Å². The molecule has 3 rings (SSSR count). The van der Waals surface area contributed by atoms with Gasteiger partial charge in [-0.05, 0) is 54.9 Å². The first kappa shape index (κ1) is 20.1. The van der Waals surface area contributed by atoms with Crippen molar-refractivity contribution in [1.29, 1.82) is 0 Å². The average molecular weight is 459 g/mol. The summed E-state index contributed by atoms with van der Waals surface area (Å²) >= 11 is 0. The lowest BCUT2D eigenvalue weighted by molar-refractivity contribution is 0.151. The third-order valence-electron chi connectivity index (χ3n) is 5.53. The Morgan fingerprint density at radius 2 is 2.04 bits per heavy atom. The molecule has 0 aromatic heterocycles. The number of benzene rings is 1. The Hall–Kier alpha value is -1.18. The Labute approximate surface area is 168 Å². The fourth-order valence-corrected chi connectivity index (χ4v) is 3.92. The fourth-order valence-electron chi connectivity index (χ4n) is 3.92. The smallest absolute Gasteiger partial charge is 0.193 e. The molecular formula is C19H30IN3O2. The van der Waals surface area contributed by atoms with Crippen molar-refractivity contribution in [2.45, 2.75) is 32.1 Å². The summed E-state index contributed by atoms with van der Waals surface area (Å²) in [4.78, 5) is 6.90. The summed E-state index contributed by atoms with van der Waals surface area (Å²) in [6.07, 6.45) is 6.37. The van der Waals surface area contributed by atoms with E-state index in [1.54, 1.807) is 14.2 Å². The predicted molar refractivity (Wildman–Crippen MR) is 113 cm³/mol. The lowest BCUT2D eigenvalue weighted by Gasteiger charge is -2.38. The van der Waals surface area contributed by atoms with Gasteiger partial charge in [-0.3, -0.25) is 4.99 Å². The third-order valence-corrected chi connectivity index (χ3v) is 5.53. The van der Waals surface area contributed by atoms with E-state index >= 15 is 0 Å². The van der Waals surface area contributed by atoms with Gasteiger partial charge in [-0.15, -0.1) is 24.0 Å². The normalized spacial score (nSPS) is 18.5. The summed E-state index contributed by atoms with van der Waals surface area (Å²) in [6, 6.07) is 5.93. The fraction of sp³-hybridized carbons (Fsp3) is 0.632. The number of halogens is 1. The first-order valence-corrected chi connectivity index (χ1v) is 8.86. The number of likely N-dealkylation sites (tertiary alicyclic amines) is 1. The minimum absolute atomic E-state index is 0. The number of nitrogens with zero attached hydrogens (tertiary/aromatic N) is 2.